The van der Waals surface area contributed by atoms with Gasteiger partial charge in [-0.05, 0) is 25.8 Å². The van der Waals surface area contributed by atoms with Gasteiger partial charge in [0, 0.05) is 39.3 Å². The van der Waals surface area contributed by atoms with Gasteiger partial charge in [-0.3, -0.25) is 9.59 Å². The first-order chi connectivity index (χ1) is 10.1. The molecule has 1 saturated carbocycles. The summed E-state index contributed by atoms with van der Waals surface area (Å²) >= 11 is 0. The minimum absolute atomic E-state index is 0.00984. The molecule has 0 bridgehead atoms. The van der Waals surface area contributed by atoms with Gasteiger partial charge < -0.3 is 19.4 Å². The van der Waals surface area contributed by atoms with E-state index in [1.165, 1.54) is 12.8 Å². The summed E-state index contributed by atoms with van der Waals surface area (Å²) in [6.07, 6.45) is 2.10. The van der Waals surface area contributed by atoms with E-state index in [-0.39, 0.29) is 18.2 Å². The molecule has 0 aromatic carbocycles. The Morgan fingerprint density at radius 2 is 1.90 bits per heavy atom. The van der Waals surface area contributed by atoms with Gasteiger partial charge in [-0.25, -0.2) is 0 Å². The zero-order chi connectivity index (χ0) is 14.8. The average Bonchev–Trinajstić information content (AvgIpc) is 3.28. The highest BCUT2D eigenvalue weighted by atomic mass is 16.5. The second-order valence-corrected chi connectivity index (χ2v) is 6.48. The van der Waals surface area contributed by atoms with Crippen molar-refractivity contribution in [3.8, 4) is 0 Å². The van der Waals surface area contributed by atoms with Crippen molar-refractivity contribution in [3.63, 3.8) is 0 Å². The van der Waals surface area contributed by atoms with Gasteiger partial charge in [0.2, 0.25) is 5.91 Å². The van der Waals surface area contributed by atoms with E-state index in [0.29, 0.717) is 19.1 Å². The van der Waals surface area contributed by atoms with Crippen molar-refractivity contribution in [3.05, 3.63) is 0 Å². The smallest absolute Gasteiger partial charge is 0.252 e. The van der Waals surface area contributed by atoms with Crippen LogP contribution in [-0.4, -0.2) is 85.5 Å². The van der Waals surface area contributed by atoms with Crippen molar-refractivity contribution in [1.29, 1.82) is 0 Å². The summed E-state index contributed by atoms with van der Waals surface area (Å²) in [4.78, 5) is 30.7. The second kappa shape index (κ2) is 6.32. The number of morpholine rings is 1. The highest BCUT2D eigenvalue weighted by molar-refractivity contribution is 5.88. The Balaban J connectivity index is 1.51. The molecule has 0 N–H and O–H groups in total. The molecule has 2 saturated heterocycles. The number of hydrogen-bond acceptors (Lipinski definition) is 4. The summed E-state index contributed by atoms with van der Waals surface area (Å²) < 4.78 is 5.56. The van der Waals surface area contributed by atoms with Crippen molar-refractivity contribution in [1.82, 2.24) is 14.7 Å². The molecule has 1 atom stereocenters. The molecule has 3 rings (SSSR count). The monoisotopic (exact) mass is 295 g/mol. The van der Waals surface area contributed by atoms with Gasteiger partial charge in [0.1, 0.15) is 6.10 Å². The molecular weight excluding hydrogens is 270 g/mol. The molecule has 21 heavy (non-hydrogen) atoms. The summed E-state index contributed by atoms with van der Waals surface area (Å²) in [5.41, 5.74) is 0. The largest absolute Gasteiger partial charge is 0.366 e. The lowest BCUT2D eigenvalue weighted by molar-refractivity contribution is -0.158. The molecule has 2 amide bonds. The quantitative estimate of drug-likeness (QED) is 0.720. The van der Waals surface area contributed by atoms with Crippen molar-refractivity contribution >= 4 is 11.8 Å². The molecule has 0 spiro atoms. The first-order valence-electron chi connectivity index (χ1n) is 8.00. The van der Waals surface area contributed by atoms with E-state index in [0.717, 1.165) is 32.7 Å². The first kappa shape index (κ1) is 14.8. The fourth-order valence-corrected chi connectivity index (χ4v) is 2.97. The minimum Gasteiger partial charge on any atom is -0.366 e. The zero-order valence-electron chi connectivity index (χ0n) is 12.8. The number of likely N-dealkylation sites (N-methyl/N-ethyl adjacent to an activating group) is 1. The van der Waals surface area contributed by atoms with E-state index in [2.05, 4.69) is 11.9 Å². The van der Waals surface area contributed by atoms with E-state index >= 15 is 0 Å². The Hall–Kier alpha value is -1.14. The minimum atomic E-state index is -0.565. The molecule has 3 aliphatic rings. The van der Waals surface area contributed by atoms with Crippen LogP contribution in [0.5, 0.6) is 0 Å². The zero-order valence-corrected chi connectivity index (χ0v) is 12.8. The van der Waals surface area contributed by atoms with Gasteiger partial charge in [0.05, 0.1) is 13.0 Å². The SMILES string of the molecule is CN1CCN(C(=O)CC2OCCN(CC3CC3)C2=O)CC1. The average molecular weight is 295 g/mol. The molecule has 2 heterocycles. The Morgan fingerprint density at radius 3 is 2.57 bits per heavy atom. The molecule has 0 aromatic rings. The molecular formula is C15H25N3O3. The van der Waals surface area contributed by atoms with Crippen molar-refractivity contribution < 1.29 is 14.3 Å². The third-order valence-corrected chi connectivity index (χ3v) is 4.66. The number of carbonyl (C=O) groups is 2. The third kappa shape index (κ3) is 3.74. The van der Waals surface area contributed by atoms with E-state index in [4.69, 9.17) is 4.74 Å². The Kier molecular flexibility index (Phi) is 4.45. The van der Waals surface area contributed by atoms with Crippen LogP contribution in [0, 0.1) is 5.92 Å². The number of carbonyl (C=O) groups excluding carboxylic acids is 2. The van der Waals surface area contributed by atoms with Crippen molar-refractivity contribution in [2.75, 3.05) is 52.9 Å². The van der Waals surface area contributed by atoms with Gasteiger partial charge in [-0.1, -0.05) is 0 Å². The lowest BCUT2D eigenvalue weighted by Crippen LogP contribution is -2.52. The Bertz CT molecular complexity index is 403. The van der Waals surface area contributed by atoms with Gasteiger partial charge in [0.15, 0.2) is 0 Å². The predicted molar refractivity (Wildman–Crippen MR) is 77.7 cm³/mol. The second-order valence-electron chi connectivity index (χ2n) is 6.48. The van der Waals surface area contributed by atoms with Crippen LogP contribution in [0.2, 0.25) is 0 Å². The molecule has 1 unspecified atom stereocenters. The van der Waals surface area contributed by atoms with Crippen LogP contribution in [-0.2, 0) is 14.3 Å². The molecule has 118 valence electrons. The number of nitrogens with zero attached hydrogens (tertiary/aromatic N) is 3. The van der Waals surface area contributed by atoms with Gasteiger partial charge in [-0.2, -0.15) is 0 Å². The number of rotatable bonds is 4. The molecule has 2 aliphatic heterocycles. The van der Waals surface area contributed by atoms with Crippen LogP contribution in [0.3, 0.4) is 0 Å². The molecule has 6 nitrogen and oxygen atoms in total. The lowest BCUT2D eigenvalue weighted by atomic mass is 10.1. The summed E-state index contributed by atoms with van der Waals surface area (Å²) in [6.45, 7) is 5.39. The highest BCUT2D eigenvalue weighted by Gasteiger charge is 2.35. The lowest BCUT2D eigenvalue weighted by Gasteiger charge is -2.35. The van der Waals surface area contributed by atoms with Crippen LogP contribution in [0.1, 0.15) is 19.3 Å². The van der Waals surface area contributed by atoms with Gasteiger partial charge >= 0.3 is 0 Å². The van der Waals surface area contributed by atoms with Crippen molar-refractivity contribution in [2.24, 2.45) is 5.92 Å². The van der Waals surface area contributed by atoms with Crippen LogP contribution < -0.4 is 0 Å². The molecule has 0 aromatic heterocycles. The maximum absolute atomic E-state index is 12.4. The van der Waals surface area contributed by atoms with Crippen LogP contribution in [0.25, 0.3) is 0 Å². The maximum atomic E-state index is 12.4. The first-order valence-corrected chi connectivity index (χ1v) is 8.00. The molecule has 3 fully saturated rings. The fourth-order valence-electron chi connectivity index (χ4n) is 2.97. The van der Waals surface area contributed by atoms with Gasteiger partial charge in [-0.15, -0.1) is 0 Å². The third-order valence-electron chi connectivity index (χ3n) is 4.66. The van der Waals surface area contributed by atoms with Crippen molar-refractivity contribution in [2.45, 2.75) is 25.4 Å². The Labute approximate surface area is 126 Å². The van der Waals surface area contributed by atoms with Crippen LogP contribution in [0.4, 0.5) is 0 Å². The summed E-state index contributed by atoms with van der Waals surface area (Å²) in [7, 11) is 2.06. The number of amides is 2. The summed E-state index contributed by atoms with van der Waals surface area (Å²) in [5, 5.41) is 0. The van der Waals surface area contributed by atoms with E-state index in [1.807, 2.05) is 9.80 Å². The normalized spacial score (nSPS) is 28.0. The topological polar surface area (TPSA) is 53.1 Å². The van der Waals surface area contributed by atoms with Crippen LogP contribution >= 0.6 is 0 Å². The van der Waals surface area contributed by atoms with E-state index < -0.39 is 6.10 Å². The predicted octanol–water partition coefficient (Wildman–Crippen LogP) is -0.212. The molecule has 0 radical (unpaired) electrons. The summed E-state index contributed by atoms with van der Waals surface area (Å²) in [6, 6.07) is 0. The molecule has 1 aliphatic carbocycles. The fraction of sp³-hybridized carbons (Fsp3) is 0.867. The maximum Gasteiger partial charge on any atom is 0.252 e. The molecule has 6 heteroatoms. The highest BCUT2D eigenvalue weighted by Crippen LogP contribution is 2.30. The summed E-state index contributed by atoms with van der Waals surface area (Å²) in [5.74, 6) is 0.742. The number of ether oxygens (including phenoxy) is 1. The van der Waals surface area contributed by atoms with E-state index in [1.54, 1.807) is 0 Å². The number of piperazine rings is 1. The standard InChI is InChI=1S/C15H25N3O3/c1-16-4-6-17(7-5-16)14(19)10-13-15(20)18(8-9-21-13)11-12-2-3-12/h12-13H,2-11H2,1H3. The Morgan fingerprint density at radius 1 is 1.19 bits per heavy atom. The van der Waals surface area contributed by atoms with E-state index in [9.17, 15) is 9.59 Å². The number of hydrogen-bond donors (Lipinski definition) is 0. The van der Waals surface area contributed by atoms with Gasteiger partial charge in [0.25, 0.3) is 5.91 Å². The van der Waals surface area contributed by atoms with Crippen LogP contribution in [0.15, 0.2) is 0 Å².